The molecule has 2 atom stereocenters. The second-order valence-corrected chi connectivity index (χ2v) is 8.88. The largest absolute Gasteiger partial charge is 0.497 e. The Kier molecular flexibility index (Phi) is 5.61. The molecule has 0 radical (unpaired) electrons. The highest BCUT2D eigenvalue weighted by Crippen LogP contribution is 2.35. The number of rotatable bonds is 4. The Labute approximate surface area is 186 Å². The molecule has 2 saturated heterocycles. The van der Waals surface area contributed by atoms with E-state index >= 15 is 0 Å². The Morgan fingerprint density at radius 2 is 1.97 bits per heavy atom. The molecule has 2 fully saturated rings. The molecule has 2 aliphatic heterocycles. The summed E-state index contributed by atoms with van der Waals surface area (Å²) in [5.74, 6) is 1.49. The van der Waals surface area contributed by atoms with Crippen LogP contribution in [0.25, 0.3) is 10.9 Å². The van der Waals surface area contributed by atoms with Gasteiger partial charge in [0.1, 0.15) is 11.8 Å². The van der Waals surface area contributed by atoms with Crippen LogP contribution >= 0.6 is 11.6 Å². The Morgan fingerprint density at radius 1 is 1.13 bits per heavy atom. The number of methoxy groups -OCH3 is 1. The average Bonchev–Trinajstić information content (AvgIpc) is 3.46. The highest BCUT2D eigenvalue weighted by molar-refractivity contribution is 6.30. The SMILES string of the molecule is COc1ccc2[nH]cc(C3CCN(C(=O)C4CC(c5cccc(Cl)c5)NN4)CC3)c2c1. The number of fused-ring (bicyclic) bond motifs is 1. The first-order valence-corrected chi connectivity index (χ1v) is 11.2. The van der Waals surface area contributed by atoms with Gasteiger partial charge < -0.3 is 14.6 Å². The summed E-state index contributed by atoms with van der Waals surface area (Å²) in [5.41, 5.74) is 10.0. The van der Waals surface area contributed by atoms with E-state index in [4.69, 9.17) is 16.3 Å². The zero-order valence-electron chi connectivity index (χ0n) is 17.5. The Bertz CT molecular complexity index is 1090. The van der Waals surface area contributed by atoms with Crippen LogP contribution in [0.4, 0.5) is 0 Å². The normalized spacial score (nSPS) is 22.2. The summed E-state index contributed by atoms with van der Waals surface area (Å²) in [4.78, 5) is 18.5. The topological polar surface area (TPSA) is 69.4 Å². The van der Waals surface area contributed by atoms with E-state index in [1.54, 1.807) is 7.11 Å². The lowest BCUT2D eigenvalue weighted by Gasteiger charge is -2.33. The first-order valence-electron chi connectivity index (χ1n) is 10.8. The lowest BCUT2D eigenvalue weighted by atomic mass is 9.88. The molecule has 162 valence electrons. The monoisotopic (exact) mass is 438 g/mol. The number of nitrogens with one attached hydrogen (secondary N) is 3. The van der Waals surface area contributed by atoms with Crippen LogP contribution in [0.3, 0.4) is 0 Å². The summed E-state index contributed by atoms with van der Waals surface area (Å²) >= 11 is 6.12. The maximum absolute atomic E-state index is 13.1. The lowest BCUT2D eigenvalue weighted by molar-refractivity contribution is -0.134. The van der Waals surface area contributed by atoms with Crippen molar-refractivity contribution in [2.45, 2.75) is 37.3 Å². The molecule has 3 aromatic rings. The summed E-state index contributed by atoms with van der Waals surface area (Å²) in [5, 5.41) is 1.93. The number of piperidine rings is 1. The van der Waals surface area contributed by atoms with Gasteiger partial charge in [0.2, 0.25) is 5.91 Å². The van der Waals surface area contributed by atoms with Crippen molar-refractivity contribution in [2.24, 2.45) is 0 Å². The molecule has 2 aromatic carbocycles. The van der Waals surface area contributed by atoms with Crippen LogP contribution in [-0.4, -0.2) is 42.0 Å². The van der Waals surface area contributed by atoms with Crippen LogP contribution in [0.1, 0.15) is 42.3 Å². The first-order chi connectivity index (χ1) is 15.1. The fourth-order valence-corrected chi connectivity index (χ4v) is 5.08. The van der Waals surface area contributed by atoms with Gasteiger partial charge in [-0.1, -0.05) is 23.7 Å². The fraction of sp³-hybridized carbons (Fsp3) is 0.375. The predicted molar refractivity (Wildman–Crippen MR) is 122 cm³/mol. The third-order valence-electron chi connectivity index (χ3n) is 6.62. The number of carbonyl (C=O) groups excluding carboxylic acids is 1. The van der Waals surface area contributed by atoms with Crippen LogP contribution in [0, 0.1) is 0 Å². The molecule has 2 aliphatic rings. The van der Waals surface area contributed by atoms with E-state index in [0.717, 1.165) is 49.2 Å². The lowest BCUT2D eigenvalue weighted by Crippen LogP contribution is -2.48. The number of hydrogen-bond donors (Lipinski definition) is 3. The van der Waals surface area contributed by atoms with Crippen LogP contribution in [0.15, 0.2) is 48.7 Å². The predicted octanol–water partition coefficient (Wildman–Crippen LogP) is 4.14. The molecule has 31 heavy (non-hydrogen) atoms. The number of likely N-dealkylation sites (tertiary alicyclic amines) is 1. The number of hydrazine groups is 1. The smallest absolute Gasteiger partial charge is 0.241 e. The van der Waals surface area contributed by atoms with Crippen LogP contribution in [-0.2, 0) is 4.79 Å². The Morgan fingerprint density at radius 3 is 2.74 bits per heavy atom. The van der Waals surface area contributed by atoms with Crippen molar-refractivity contribution in [3.63, 3.8) is 0 Å². The molecule has 0 spiro atoms. The molecular formula is C24H27ClN4O2. The van der Waals surface area contributed by atoms with Gasteiger partial charge >= 0.3 is 0 Å². The van der Waals surface area contributed by atoms with Crippen molar-refractivity contribution in [1.29, 1.82) is 0 Å². The molecule has 3 heterocycles. The Hall–Kier alpha value is -2.54. The van der Waals surface area contributed by atoms with Crippen molar-refractivity contribution < 1.29 is 9.53 Å². The van der Waals surface area contributed by atoms with Gasteiger partial charge in [0.15, 0.2) is 0 Å². The van der Waals surface area contributed by atoms with E-state index in [9.17, 15) is 4.79 Å². The van der Waals surface area contributed by atoms with Crippen molar-refractivity contribution in [1.82, 2.24) is 20.7 Å². The zero-order valence-corrected chi connectivity index (χ0v) is 18.3. The highest BCUT2D eigenvalue weighted by Gasteiger charge is 2.35. The molecular weight excluding hydrogens is 412 g/mol. The Balaban J connectivity index is 1.21. The average molecular weight is 439 g/mol. The van der Waals surface area contributed by atoms with Gasteiger partial charge in [-0.05, 0) is 66.6 Å². The van der Waals surface area contributed by atoms with Crippen LogP contribution < -0.4 is 15.6 Å². The van der Waals surface area contributed by atoms with Crippen LogP contribution in [0.2, 0.25) is 5.02 Å². The van der Waals surface area contributed by atoms with Crippen molar-refractivity contribution >= 4 is 28.4 Å². The number of amides is 1. The van der Waals surface area contributed by atoms with E-state index in [-0.39, 0.29) is 18.0 Å². The number of H-pyrrole nitrogens is 1. The molecule has 0 aliphatic carbocycles. The highest BCUT2D eigenvalue weighted by atomic mass is 35.5. The standard InChI is InChI=1S/C24H27ClN4O2/c1-31-18-5-6-21-19(12-18)20(14-26-21)15-7-9-29(10-8-15)24(30)23-13-22(27-28-23)16-3-2-4-17(25)11-16/h2-6,11-12,14-15,22-23,26-28H,7-10,13H2,1H3. The number of hydrogen-bond acceptors (Lipinski definition) is 4. The number of nitrogens with zero attached hydrogens (tertiary/aromatic N) is 1. The van der Waals surface area contributed by atoms with Crippen molar-refractivity contribution in [3.05, 3.63) is 64.8 Å². The third kappa shape index (κ3) is 4.03. The van der Waals surface area contributed by atoms with E-state index in [0.29, 0.717) is 10.9 Å². The molecule has 3 N–H and O–H groups in total. The maximum atomic E-state index is 13.1. The van der Waals surface area contributed by atoms with Gasteiger partial charge in [-0.15, -0.1) is 0 Å². The number of benzene rings is 2. The number of ether oxygens (including phenoxy) is 1. The molecule has 7 heteroatoms. The van der Waals surface area contributed by atoms with Gasteiger partial charge in [-0.25, -0.2) is 10.9 Å². The second-order valence-electron chi connectivity index (χ2n) is 8.44. The summed E-state index contributed by atoms with van der Waals surface area (Å²) < 4.78 is 5.40. The minimum Gasteiger partial charge on any atom is -0.497 e. The fourth-order valence-electron chi connectivity index (χ4n) is 4.88. The number of halogens is 1. The van der Waals surface area contributed by atoms with Crippen molar-refractivity contribution in [3.8, 4) is 5.75 Å². The number of aromatic amines is 1. The molecule has 0 bridgehead atoms. The summed E-state index contributed by atoms with van der Waals surface area (Å²) in [6, 6.07) is 13.8. The van der Waals surface area contributed by atoms with Crippen LogP contribution in [0.5, 0.6) is 5.75 Å². The second kappa shape index (κ2) is 8.54. The summed E-state index contributed by atoms with van der Waals surface area (Å²) in [6.45, 7) is 1.56. The molecule has 6 nitrogen and oxygen atoms in total. The molecule has 0 saturated carbocycles. The minimum atomic E-state index is -0.210. The maximum Gasteiger partial charge on any atom is 0.241 e. The molecule has 5 rings (SSSR count). The van der Waals surface area contributed by atoms with E-state index in [1.165, 1.54) is 10.9 Å². The third-order valence-corrected chi connectivity index (χ3v) is 6.85. The first kappa shape index (κ1) is 20.4. The van der Waals surface area contributed by atoms with Crippen molar-refractivity contribution in [2.75, 3.05) is 20.2 Å². The van der Waals surface area contributed by atoms with Gasteiger partial charge in [-0.2, -0.15) is 0 Å². The van der Waals surface area contributed by atoms with Gasteiger partial charge in [0, 0.05) is 41.3 Å². The number of aromatic nitrogens is 1. The quantitative estimate of drug-likeness (QED) is 0.572. The van der Waals surface area contributed by atoms with Gasteiger partial charge in [-0.3, -0.25) is 4.79 Å². The molecule has 1 amide bonds. The number of carbonyl (C=O) groups is 1. The summed E-state index contributed by atoms with van der Waals surface area (Å²) in [7, 11) is 1.69. The summed E-state index contributed by atoms with van der Waals surface area (Å²) in [6.07, 6.45) is 4.77. The van der Waals surface area contributed by atoms with Gasteiger partial charge in [0.05, 0.1) is 7.11 Å². The van der Waals surface area contributed by atoms with E-state index < -0.39 is 0 Å². The van der Waals surface area contributed by atoms with E-state index in [2.05, 4.69) is 34.2 Å². The minimum absolute atomic E-state index is 0.0892. The van der Waals surface area contributed by atoms with Gasteiger partial charge in [0.25, 0.3) is 0 Å². The molecule has 1 aromatic heterocycles. The van der Waals surface area contributed by atoms with E-state index in [1.807, 2.05) is 35.2 Å². The zero-order chi connectivity index (χ0) is 21.4. The molecule has 2 unspecified atom stereocenters.